The molecule has 1 atom stereocenters. The molecule has 1 aliphatic rings. The predicted molar refractivity (Wildman–Crippen MR) is 71.1 cm³/mol. The molecule has 1 heterocycles. The molecule has 1 N–H and O–H groups in total. The maximum Gasteiger partial charge on any atom is 0.105 e. The van der Waals surface area contributed by atoms with E-state index in [-0.39, 0.29) is 0 Å². The van der Waals surface area contributed by atoms with Crippen molar-refractivity contribution in [3.8, 4) is 0 Å². The molecule has 0 aliphatic heterocycles. The molecular formula is C15H25NO. The normalized spacial score (nSPS) is 20.1. The zero-order valence-electron chi connectivity index (χ0n) is 11.0. The minimum absolute atomic E-state index is 0.573. The average molecular weight is 235 g/mol. The molecule has 1 saturated carbocycles. The predicted octanol–water partition coefficient (Wildman–Crippen LogP) is 3.77. The Hall–Kier alpha value is -0.760. The van der Waals surface area contributed by atoms with Crippen molar-refractivity contribution in [2.75, 3.05) is 7.05 Å². The maximum atomic E-state index is 5.44. The lowest BCUT2D eigenvalue weighted by molar-refractivity contribution is 0.347. The van der Waals surface area contributed by atoms with Crippen molar-refractivity contribution in [3.05, 3.63) is 24.2 Å². The van der Waals surface area contributed by atoms with E-state index in [0.29, 0.717) is 6.04 Å². The molecule has 17 heavy (non-hydrogen) atoms. The number of hydrogen-bond donors (Lipinski definition) is 1. The number of rotatable bonds is 5. The van der Waals surface area contributed by atoms with E-state index in [1.165, 1.54) is 44.9 Å². The molecule has 1 aliphatic carbocycles. The quantitative estimate of drug-likeness (QED) is 0.786. The molecule has 1 unspecified atom stereocenters. The van der Waals surface area contributed by atoms with Crippen LogP contribution in [0.3, 0.4) is 0 Å². The van der Waals surface area contributed by atoms with Crippen molar-refractivity contribution in [1.82, 2.24) is 5.32 Å². The van der Waals surface area contributed by atoms with Crippen LogP contribution in [0, 0.1) is 5.92 Å². The number of hydrogen-bond acceptors (Lipinski definition) is 2. The second-order valence-corrected chi connectivity index (χ2v) is 5.36. The lowest BCUT2D eigenvalue weighted by Gasteiger charge is -2.21. The van der Waals surface area contributed by atoms with E-state index >= 15 is 0 Å². The van der Waals surface area contributed by atoms with Crippen LogP contribution in [0.25, 0.3) is 0 Å². The topological polar surface area (TPSA) is 25.2 Å². The van der Waals surface area contributed by atoms with Crippen LogP contribution >= 0.6 is 0 Å². The SMILES string of the molecule is CNC(Cc1ccco1)CC1CCCCCC1. The Kier molecular flexibility index (Phi) is 5.11. The summed E-state index contributed by atoms with van der Waals surface area (Å²) in [5, 5.41) is 3.45. The number of nitrogens with one attached hydrogen (secondary N) is 1. The molecular weight excluding hydrogens is 210 g/mol. The first-order valence-corrected chi connectivity index (χ1v) is 7.08. The van der Waals surface area contributed by atoms with Gasteiger partial charge in [0.25, 0.3) is 0 Å². The lowest BCUT2D eigenvalue weighted by Crippen LogP contribution is -2.30. The molecule has 2 rings (SSSR count). The van der Waals surface area contributed by atoms with Crippen LogP contribution in [0.2, 0.25) is 0 Å². The van der Waals surface area contributed by atoms with Crippen LogP contribution < -0.4 is 5.32 Å². The molecule has 0 radical (unpaired) electrons. The molecule has 0 bridgehead atoms. The van der Waals surface area contributed by atoms with Gasteiger partial charge in [-0.3, -0.25) is 0 Å². The molecule has 0 spiro atoms. The zero-order valence-corrected chi connectivity index (χ0v) is 11.0. The summed E-state index contributed by atoms with van der Waals surface area (Å²) in [4.78, 5) is 0. The van der Waals surface area contributed by atoms with Gasteiger partial charge in [-0.05, 0) is 31.5 Å². The van der Waals surface area contributed by atoms with Crippen molar-refractivity contribution in [3.63, 3.8) is 0 Å². The largest absolute Gasteiger partial charge is 0.469 e. The first kappa shape index (κ1) is 12.7. The average Bonchev–Trinajstić information content (AvgIpc) is 2.71. The molecule has 1 fully saturated rings. The highest BCUT2D eigenvalue weighted by molar-refractivity contribution is 5.00. The summed E-state index contributed by atoms with van der Waals surface area (Å²) in [6.45, 7) is 0. The molecule has 0 saturated heterocycles. The van der Waals surface area contributed by atoms with E-state index in [4.69, 9.17) is 4.42 Å². The monoisotopic (exact) mass is 235 g/mol. The van der Waals surface area contributed by atoms with E-state index in [1.807, 2.05) is 6.07 Å². The molecule has 2 heteroatoms. The van der Waals surface area contributed by atoms with Crippen LogP contribution in [0.1, 0.15) is 50.7 Å². The van der Waals surface area contributed by atoms with Crippen molar-refractivity contribution in [2.24, 2.45) is 5.92 Å². The maximum absolute atomic E-state index is 5.44. The van der Waals surface area contributed by atoms with E-state index in [0.717, 1.165) is 18.1 Å². The summed E-state index contributed by atoms with van der Waals surface area (Å²) in [5.41, 5.74) is 0. The smallest absolute Gasteiger partial charge is 0.105 e. The third-order valence-electron chi connectivity index (χ3n) is 4.03. The molecule has 2 nitrogen and oxygen atoms in total. The van der Waals surface area contributed by atoms with Gasteiger partial charge in [0.1, 0.15) is 5.76 Å². The Labute approximate surface area is 105 Å². The Morgan fingerprint density at radius 2 is 2.06 bits per heavy atom. The molecule has 0 aromatic carbocycles. The van der Waals surface area contributed by atoms with Gasteiger partial charge in [0.15, 0.2) is 0 Å². The Morgan fingerprint density at radius 3 is 2.65 bits per heavy atom. The number of likely N-dealkylation sites (N-methyl/N-ethyl adjacent to an activating group) is 1. The zero-order chi connectivity index (χ0) is 11.9. The van der Waals surface area contributed by atoms with Gasteiger partial charge in [-0.25, -0.2) is 0 Å². The van der Waals surface area contributed by atoms with Crippen LogP contribution in [-0.2, 0) is 6.42 Å². The van der Waals surface area contributed by atoms with Gasteiger partial charge in [-0.2, -0.15) is 0 Å². The number of furan rings is 1. The Balaban J connectivity index is 1.81. The first-order chi connectivity index (χ1) is 8.38. The highest BCUT2D eigenvalue weighted by atomic mass is 16.3. The van der Waals surface area contributed by atoms with Gasteiger partial charge in [-0.1, -0.05) is 38.5 Å². The molecule has 96 valence electrons. The summed E-state index contributed by atoms with van der Waals surface area (Å²) in [5.74, 6) is 2.03. The third-order valence-corrected chi connectivity index (χ3v) is 4.03. The fourth-order valence-electron chi connectivity index (χ4n) is 2.98. The molecule has 1 aromatic heterocycles. The summed E-state index contributed by atoms with van der Waals surface area (Å²) < 4.78 is 5.44. The summed E-state index contributed by atoms with van der Waals surface area (Å²) in [6.07, 6.45) is 12.7. The fraction of sp³-hybridized carbons (Fsp3) is 0.733. The standard InChI is InChI=1S/C15H25NO/c1-16-14(12-15-9-6-10-17-15)11-13-7-4-2-3-5-8-13/h6,9-10,13-14,16H,2-5,7-8,11-12H2,1H3. The van der Waals surface area contributed by atoms with Gasteiger partial charge >= 0.3 is 0 Å². The summed E-state index contributed by atoms with van der Waals surface area (Å²) in [7, 11) is 2.07. The molecule has 1 aromatic rings. The minimum atomic E-state index is 0.573. The van der Waals surface area contributed by atoms with E-state index in [1.54, 1.807) is 6.26 Å². The van der Waals surface area contributed by atoms with E-state index < -0.39 is 0 Å². The second kappa shape index (κ2) is 6.85. The summed E-state index contributed by atoms with van der Waals surface area (Å²) >= 11 is 0. The van der Waals surface area contributed by atoms with Gasteiger partial charge in [0, 0.05) is 12.5 Å². The highest BCUT2D eigenvalue weighted by Crippen LogP contribution is 2.27. The van der Waals surface area contributed by atoms with Gasteiger partial charge in [-0.15, -0.1) is 0 Å². The van der Waals surface area contributed by atoms with Crippen LogP contribution in [0.15, 0.2) is 22.8 Å². The van der Waals surface area contributed by atoms with Gasteiger partial charge in [0.2, 0.25) is 0 Å². The summed E-state index contributed by atoms with van der Waals surface area (Å²) in [6, 6.07) is 4.63. The second-order valence-electron chi connectivity index (χ2n) is 5.36. The van der Waals surface area contributed by atoms with E-state index in [9.17, 15) is 0 Å². The van der Waals surface area contributed by atoms with Gasteiger partial charge < -0.3 is 9.73 Å². The minimum Gasteiger partial charge on any atom is -0.469 e. The fourth-order valence-corrected chi connectivity index (χ4v) is 2.98. The third kappa shape index (κ3) is 4.19. The van der Waals surface area contributed by atoms with Crippen molar-refractivity contribution in [2.45, 2.75) is 57.4 Å². The van der Waals surface area contributed by atoms with Crippen LogP contribution in [0.4, 0.5) is 0 Å². The Bertz CT molecular complexity index is 286. The van der Waals surface area contributed by atoms with Crippen LogP contribution in [-0.4, -0.2) is 13.1 Å². The van der Waals surface area contributed by atoms with E-state index in [2.05, 4.69) is 18.4 Å². The van der Waals surface area contributed by atoms with Gasteiger partial charge in [0.05, 0.1) is 6.26 Å². The lowest BCUT2D eigenvalue weighted by atomic mass is 9.91. The van der Waals surface area contributed by atoms with Crippen LogP contribution in [0.5, 0.6) is 0 Å². The van der Waals surface area contributed by atoms with Crippen molar-refractivity contribution >= 4 is 0 Å². The highest BCUT2D eigenvalue weighted by Gasteiger charge is 2.18. The first-order valence-electron chi connectivity index (χ1n) is 7.08. The molecule has 0 amide bonds. The van der Waals surface area contributed by atoms with Crippen molar-refractivity contribution in [1.29, 1.82) is 0 Å². The Morgan fingerprint density at radius 1 is 1.29 bits per heavy atom. The van der Waals surface area contributed by atoms with Crippen molar-refractivity contribution < 1.29 is 4.42 Å².